The number of carbonyl (C=O) groups excluding carboxylic acids is 3. The molecule has 6 nitrogen and oxygen atoms in total. The summed E-state index contributed by atoms with van der Waals surface area (Å²) in [6.07, 6.45) is 0.0659. The number of hydrogen-bond acceptors (Lipinski definition) is 5. The van der Waals surface area contributed by atoms with E-state index in [4.69, 9.17) is 4.74 Å². The van der Waals surface area contributed by atoms with Crippen molar-refractivity contribution >= 4 is 23.3 Å². The number of aryl methyl sites for hydroxylation is 1. The van der Waals surface area contributed by atoms with Gasteiger partial charge in [0.1, 0.15) is 0 Å². The average molecular weight is 291 g/mol. The monoisotopic (exact) mass is 291 g/mol. The van der Waals surface area contributed by atoms with Crippen LogP contribution >= 0.6 is 0 Å². The largest absolute Gasteiger partial charge is 0.481 e. The molecule has 0 aromatic heterocycles. The first-order valence-corrected chi connectivity index (χ1v) is 6.58. The fourth-order valence-electron chi connectivity index (χ4n) is 2.18. The second-order valence-corrected chi connectivity index (χ2v) is 4.90. The summed E-state index contributed by atoms with van der Waals surface area (Å²) in [7, 11) is 2.93. The molecule has 1 aliphatic rings. The van der Waals surface area contributed by atoms with Crippen molar-refractivity contribution < 1.29 is 23.9 Å². The molecule has 0 N–H and O–H groups in total. The number of nitrogens with zero attached hydrogens (tertiary/aromatic N) is 1. The van der Waals surface area contributed by atoms with Gasteiger partial charge in [-0.05, 0) is 24.6 Å². The molecule has 0 saturated heterocycles. The van der Waals surface area contributed by atoms with Crippen molar-refractivity contribution in [2.75, 3.05) is 25.7 Å². The van der Waals surface area contributed by atoms with Crippen LogP contribution in [0, 0.1) is 6.92 Å². The highest BCUT2D eigenvalue weighted by molar-refractivity contribution is 6.05. The standard InChI is InChI=1S/C15H17NO5/c1-9-6-10(12(17)4-5-14(19)20-3)15-11(7-9)16(2)13(18)8-21-15/h6-7H,4-5,8H2,1-3H3. The van der Waals surface area contributed by atoms with Crippen LogP contribution in [0.25, 0.3) is 0 Å². The van der Waals surface area contributed by atoms with E-state index in [-0.39, 0.29) is 31.1 Å². The number of anilines is 1. The van der Waals surface area contributed by atoms with Gasteiger partial charge in [0.2, 0.25) is 0 Å². The molecular formula is C15H17NO5. The molecule has 1 heterocycles. The maximum atomic E-state index is 12.3. The highest BCUT2D eigenvalue weighted by Crippen LogP contribution is 2.36. The summed E-state index contributed by atoms with van der Waals surface area (Å²) >= 11 is 0. The van der Waals surface area contributed by atoms with Crippen LogP contribution in [0.3, 0.4) is 0 Å². The Kier molecular flexibility index (Phi) is 4.26. The lowest BCUT2D eigenvalue weighted by Gasteiger charge is -2.27. The number of rotatable bonds is 4. The van der Waals surface area contributed by atoms with Crippen molar-refractivity contribution in [1.82, 2.24) is 0 Å². The third-order valence-electron chi connectivity index (χ3n) is 3.37. The Hall–Kier alpha value is -2.37. The van der Waals surface area contributed by atoms with Gasteiger partial charge in [0.05, 0.1) is 24.8 Å². The number of Topliss-reactive ketones (excluding diaryl/α,β-unsaturated/α-hetero) is 1. The Labute approximate surface area is 122 Å². The molecule has 1 aromatic rings. The Balaban J connectivity index is 2.32. The van der Waals surface area contributed by atoms with Crippen molar-refractivity contribution in [2.45, 2.75) is 19.8 Å². The summed E-state index contributed by atoms with van der Waals surface area (Å²) < 4.78 is 9.95. The van der Waals surface area contributed by atoms with Crippen LogP contribution in [0.5, 0.6) is 5.75 Å². The maximum Gasteiger partial charge on any atom is 0.305 e. The van der Waals surface area contributed by atoms with Crippen LogP contribution in [0.1, 0.15) is 28.8 Å². The first-order chi connectivity index (χ1) is 9.93. The van der Waals surface area contributed by atoms with Crippen molar-refractivity contribution in [2.24, 2.45) is 0 Å². The zero-order chi connectivity index (χ0) is 15.6. The van der Waals surface area contributed by atoms with E-state index < -0.39 is 5.97 Å². The number of ketones is 1. The molecular weight excluding hydrogens is 274 g/mol. The van der Waals surface area contributed by atoms with Gasteiger partial charge in [-0.2, -0.15) is 0 Å². The molecule has 0 saturated carbocycles. The van der Waals surface area contributed by atoms with E-state index in [9.17, 15) is 14.4 Å². The molecule has 0 radical (unpaired) electrons. The molecule has 1 aliphatic heterocycles. The van der Waals surface area contributed by atoms with Crippen LogP contribution < -0.4 is 9.64 Å². The van der Waals surface area contributed by atoms with Gasteiger partial charge in [0.25, 0.3) is 5.91 Å². The molecule has 0 unspecified atom stereocenters. The summed E-state index contributed by atoms with van der Waals surface area (Å²) in [6, 6.07) is 3.51. The first-order valence-electron chi connectivity index (χ1n) is 6.58. The fraction of sp³-hybridized carbons (Fsp3) is 0.400. The minimum absolute atomic E-state index is 0.0207. The highest BCUT2D eigenvalue weighted by Gasteiger charge is 2.27. The lowest BCUT2D eigenvalue weighted by molar-refractivity contribution is -0.140. The van der Waals surface area contributed by atoms with E-state index in [0.29, 0.717) is 17.0 Å². The Bertz CT molecular complexity index is 608. The molecule has 1 amide bonds. The van der Waals surface area contributed by atoms with E-state index in [1.54, 1.807) is 19.2 Å². The number of esters is 1. The molecule has 0 bridgehead atoms. The minimum Gasteiger partial charge on any atom is -0.481 e. The topological polar surface area (TPSA) is 72.9 Å². The number of fused-ring (bicyclic) bond motifs is 1. The predicted octanol–water partition coefficient (Wildman–Crippen LogP) is 1.49. The molecule has 6 heteroatoms. The molecule has 0 aliphatic carbocycles. The summed E-state index contributed by atoms with van der Waals surface area (Å²) in [4.78, 5) is 36.6. The first kappa shape index (κ1) is 15.0. The van der Waals surface area contributed by atoms with Crippen LogP contribution in [0.4, 0.5) is 5.69 Å². The van der Waals surface area contributed by atoms with E-state index in [2.05, 4.69) is 4.74 Å². The summed E-state index contributed by atoms with van der Waals surface area (Å²) in [6.45, 7) is 1.74. The average Bonchev–Trinajstić information content (AvgIpc) is 2.47. The molecule has 112 valence electrons. The second-order valence-electron chi connectivity index (χ2n) is 4.90. The minimum atomic E-state index is -0.432. The van der Waals surface area contributed by atoms with Gasteiger partial charge in [0.15, 0.2) is 18.1 Å². The van der Waals surface area contributed by atoms with Gasteiger partial charge in [-0.25, -0.2) is 0 Å². The number of methoxy groups -OCH3 is 1. The molecule has 21 heavy (non-hydrogen) atoms. The van der Waals surface area contributed by atoms with Crippen molar-refractivity contribution in [3.05, 3.63) is 23.3 Å². The Morgan fingerprint density at radius 2 is 2.05 bits per heavy atom. The summed E-state index contributed by atoms with van der Waals surface area (Å²) in [5.41, 5.74) is 1.82. The number of carbonyl (C=O) groups is 3. The predicted molar refractivity (Wildman–Crippen MR) is 75.7 cm³/mol. The molecule has 1 aromatic carbocycles. The number of ether oxygens (including phenoxy) is 2. The van der Waals surface area contributed by atoms with Crippen molar-refractivity contribution in [1.29, 1.82) is 0 Å². The normalized spacial score (nSPS) is 13.5. The van der Waals surface area contributed by atoms with E-state index >= 15 is 0 Å². The summed E-state index contributed by atoms with van der Waals surface area (Å²) in [5.74, 6) is -0.403. The lowest BCUT2D eigenvalue weighted by Crippen LogP contribution is -2.36. The molecule has 0 atom stereocenters. The Morgan fingerprint density at radius 1 is 1.33 bits per heavy atom. The zero-order valence-corrected chi connectivity index (χ0v) is 12.3. The van der Waals surface area contributed by atoms with Crippen LogP contribution in [-0.4, -0.2) is 38.4 Å². The van der Waals surface area contributed by atoms with Crippen molar-refractivity contribution in [3.63, 3.8) is 0 Å². The highest BCUT2D eigenvalue weighted by atomic mass is 16.5. The SMILES string of the molecule is COC(=O)CCC(=O)c1cc(C)cc2c1OCC(=O)N2C. The fourth-order valence-corrected chi connectivity index (χ4v) is 2.18. The van der Waals surface area contributed by atoms with Crippen LogP contribution in [0.15, 0.2) is 12.1 Å². The van der Waals surface area contributed by atoms with Gasteiger partial charge >= 0.3 is 5.97 Å². The summed E-state index contributed by atoms with van der Waals surface area (Å²) in [5, 5.41) is 0. The number of amides is 1. The van der Waals surface area contributed by atoms with E-state index in [0.717, 1.165) is 5.56 Å². The maximum absolute atomic E-state index is 12.3. The number of hydrogen-bond donors (Lipinski definition) is 0. The third kappa shape index (κ3) is 3.04. The van der Waals surface area contributed by atoms with Crippen LogP contribution in [-0.2, 0) is 14.3 Å². The van der Waals surface area contributed by atoms with Gasteiger partial charge in [-0.1, -0.05) is 0 Å². The van der Waals surface area contributed by atoms with Crippen molar-refractivity contribution in [3.8, 4) is 5.75 Å². The zero-order valence-electron chi connectivity index (χ0n) is 12.3. The van der Waals surface area contributed by atoms with E-state index in [1.165, 1.54) is 12.0 Å². The van der Waals surface area contributed by atoms with Crippen LogP contribution in [0.2, 0.25) is 0 Å². The van der Waals surface area contributed by atoms with Gasteiger partial charge in [-0.15, -0.1) is 0 Å². The van der Waals surface area contributed by atoms with Gasteiger partial charge < -0.3 is 14.4 Å². The molecule has 0 spiro atoms. The smallest absolute Gasteiger partial charge is 0.305 e. The van der Waals surface area contributed by atoms with Gasteiger partial charge in [-0.3, -0.25) is 14.4 Å². The Morgan fingerprint density at radius 3 is 2.71 bits per heavy atom. The lowest BCUT2D eigenvalue weighted by atomic mass is 10.0. The molecule has 2 rings (SSSR count). The molecule has 0 fully saturated rings. The quantitative estimate of drug-likeness (QED) is 0.620. The number of benzene rings is 1. The number of likely N-dealkylation sites (N-methyl/N-ethyl adjacent to an activating group) is 1. The van der Waals surface area contributed by atoms with E-state index in [1.807, 2.05) is 6.92 Å². The second kappa shape index (κ2) is 5.95. The third-order valence-corrected chi connectivity index (χ3v) is 3.37. The van der Waals surface area contributed by atoms with Gasteiger partial charge in [0, 0.05) is 13.5 Å².